The maximum Gasteiger partial charge on any atom is 0.490 e. The Kier molecular flexibility index (Phi) is 7.13. The topological polar surface area (TPSA) is 92.1 Å². The van der Waals surface area contributed by atoms with E-state index in [9.17, 15) is 13.2 Å². The number of aliphatic carboxylic acids is 1. The molecule has 0 saturated heterocycles. The van der Waals surface area contributed by atoms with Gasteiger partial charge in [0.25, 0.3) is 0 Å². The minimum Gasteiger partial charge on any atom is -0.475 e. The monoisotopic (exact) mass is 505 g/mol. The summed E-state index contributed by atoms with van der Waals surface area (Å²) >= 11 is 6.21. The van der Waals surface area contributed by atoms with E-state index in [1.165, 1.54) is 22.3 Å². The fourth-order valence-corrected chi connectivity index (χ4v) is 4.38. The number of alkyl halides is 3. The molecular weight excluding hydrogens is 483 g/mol. The average Bonchev–Trinajstić information content (AvgIpc) is 3.43. The number of carboxylic acids is 1. The number of benzene rings is 2. The molecule has 1 unspecified atom stereocenters. The lowest BCUT2D eigenvalue weighted by atomic mass is 9.92. The van der Waals surface area contributed by atoms with Gasteiger partial charge in [0, 0.05) is 35.9 Å². The molecular formula is C24H23ClF3N5O2. The van der Waals surface area contributed by atoms with Crippen LogP contribution in [0.4, 0.5) is 18.9 Å². The van der Waals surface area contributed by atoms with Crippen LogP contribution >= 0.6 is 11.6 Å². The third-order valence-corrected chi connectivity index (χ3v) is 6.04. The summed E-state index contributed by atoms with van der Waals surface area (Å²) < 4.78 is 33.8. The van der Waals surface area contributed by atoms with Gasteiger partial charge in [-0.1, -0.05) is 41.1 Å². The van der Waals surface area contributed by atoms with Gasteiger partial charge >= 0.3 is 12.1 Å². The lowest BCUT2D eigenvalue weighted by Gasteiger charge is -2.22. The molecule has 0 amide bonds. The van der Waals surface area contributed by atoms with Gasteiger partial charge in [-0.05, 0) is 54.3 Å². The average molecular weight is 506 g/mol. The molecule has 7 nitrogen and oxygen atoms in total. The van der Waals surface area contributed by atoms with Crippen molar-refractivity contribution in [2.24, 2.45) is 0 Å². The van der Waals surface area contributed by atoms with Crippen molar-refractivity contribution in [1.29, 1.82) is 0 Å². The zero-order chi connectivity index (χ0) is 25.2. The second-order valence-electron chi connectivity index (χ2n) is 8.21. The highest BCUT2D eigenvalue weighted by atomic mass is 35.5. The summed E-state index contributed by atoms with van der Waals surface area (Å²) in [5.41, 5.74) is 8.25. The number of fused-ring (bicyclic) bond motifs is 3. The lowest BCUT2D eigenvalue weighted by Crippen LogP contribution is -2.21. The molecule has 2 aromatic carbocycles. The molecule has 0 radical (unpaired) electrons. The van der Waals surface area contributed by atoms with Gasteiger partial charge in [0.2, 0.25) is 0 Å². The molecule has 0 spiro atoms. The number of halogens is 4. The van der Waals surface area contributed by atoms with Gasteiger partial charge in [-0.15, -0.1) is 5.10 Å². The van der Waals surface area contributed by atoms with Crippen LogP contribution in [0.25, 0.3) is 16.8 Å². The number of hydrogen-bond acceptors (Lipinski definition) is 5. The number of rotatable bonds is 3. The van der Waals surface area contributed by atoms with Crippen molar-refractivity contribution < 1.29 is 23.1 Å². The quantitative estimate of drug-likeness (QED) is 0.459. The first-order valence-corrected chi connectivity index (χ1v) is 11.3. The molecule has 3 N–H and O–H groups in total. The normalized spacial score (nSPS) is 16.8. The molecule has 0 saturated carbocycles. The Morgan fingerprint density at radius 1 is 1.26 bits per heavy atom. The van der Waals surface area contributed by atoms with Crippen molar-refractivity contribution in [3.05, 3.63) is 70.4 Å². The van der Waals surface area contributed by atoms with Gasteiger partial charge in [0.15, 0.2) is 0 Å². The molecule has 5 rings (SSSR count). The van der Waals surface area contributed by atoms with Gasteiger partial charge in [-0.2, -0.15) is 13.2 Å². The van der Waals surface area contributed by atoms with Crippen LogP contribution in [-0.4, -0.2) is 45.3 Å². The van der Waals surface area contributed by atoms with Crippen LogP contribution in [-0.2, 0) is 11.3 Å². The van der Waals surface area contributed by atoms with Gasteiger partial charge in [-0.3, -0.25) is 0 Å². The van der Waals surface area contributed by atoms with E-state index in [-0.39, 0.29) is 6.04 Å². The van der Waals surface area contributed by atoms with Crippen LogP contribution in [0.15, 0.2) is 48.5 Å². The highest BCUT2D eigenvalue weighted by Gasteiger charge is 2.38. The summed E-state index contributed by atoms with van der Waals surface area (Å²) in [4.78, 5) is 8.90. The number of nitrogens with zero attached hydrogens (tertiary/aromatic N) is 3. The van der Waals surface area contributed by atoms with E-state index in [1.807, 2.05) is 29.8 Å². The van der Waals surface area contributed by atoms with Crippen LogP contribution in [0.1, 0.15) is 29.3 Å². The summed E-state index contributed by atoms with van der Waals surface area (Å²) in [5, 5.41) is 23.6. The molecule has 3 aromatic rings. The van der Waals surface area contributed by atoms with Crippen molar-refractivity contribution in [1.82, 2.24) is 20.3 Å². The molecule has 11 heteroatoms. The number of anilines is 1. The number of aryl methyl sites for hydroxylation is 2. The number of nitrogens with one attached hydrogen (secondary N) is 2. The van der Waals surface area contributed by atoms with E-state index in [1.54, 1.807) is 0 Å². The Labute approximate surface area is 204 Å². The molecule has 0 aliphatic carbocycles. The SMILES string of the molecule is Cc1nnn2c1-c1ccc(C3=CCNC3)cc1C(Nc1cccc(Cl)c1)CC2.O=C(O)C(F)(F)F. The van der Waals surface area contributed by atoms with Crippen LogP contribution in [0.3, 0.4) is 0 Å². The van der Waals surface area contributed by atoms with E-state index in [0.29, 0.717) is 0 Å². The Morgan fingerprint density at radius 2 is 2.03 bits per heavy atom. The highest BCUT2D eigenvalue weighted by Crippen LogP contribution is 2.38. The molecule has 2 aliphatic heterocycles. The Bertz CT molecular complexity index is 1270. The minimum atomic E-state index is -5.08. The van der Waals surface area contributed by atoms with Crippen molar-refractivity contribution >= 4 is 28.8 Å². The molecule has 1 aromatic heterocycles. The van der Waals surface area contributed by atoms with E-state index in [2.05, 4.69) is 51.3 Å². The molecule has 0 bridgehead atoms. The summed E-state index contributed by atoms with van der Waals surface area (Å²) in [6, 6.07) is 14.9. The number of carbonyl (C=O) groups is 1. The van der Waals surface area contributed by atoms with Gasteiger partial charge in [0.1, 0.15) is 0 Å². The minimum absolute atomic E-state index is 0.171. The first-order chi connectivity index (χ1) is 16.6. The van der Waals surface area contributed by atoms with E-state index in [4.69, 9.17) is 21.5 Å². The Morgan fingerprint density at radius 3 is 2.69 bits per heavy atom. The Balaban J connectivity index is 0.000000364. The second kappa shape index (κ2) is 10.1. The van der Waals surface area contributed by atoms with Crippen molar-refractivity contribution in [3.63, 3.8) is 0 Å². The molecule has 2 aliphatic rings. The van der Waals surface area contributed by atoms with Gasteiger partial charge in [0.05, 0.1) is 17.4 Å². The zero-order valence-corrected chi connectivity index (χ0v) is 19.5. The fourth-order valence-electron chi connectivity index (χ4n) is 4.19. The second-order valence-corrected chi connectivity index (χ2v) is 8.64. The summed E-state index contributed by atoms with van der Waals surface area (Å²) in [5.74, 6) is -2.76. The van der Waals surface area contributed by atoms with Crippen LogP contribution in [0, 0.1) is 6.92 Å². The lowest BCUT2D eigenvalue weighted by molar-refractivity contribution is -0.192. The van der Waals surface area contributed by atoms with Crippen molar-refractivity contribution in [3.8, 4) is 11.3 Å². The predicted molar refractivity (Wildman–Crippen MR) is 127 cm³/mol. The first kappa shape index (κ1) is 24.7. The highest BCUT2D eigenvalue weighted by molar-refractivity contribution is 6.30. The summed E-state index contributed by atoms with van der Waals surface area (Å²) in [6.07, 6.45) is -1.88. The standard InChI is InChI=1S/C22H22ClN5.C2HF3O2/c1-14-22-19-6-5-15(16-7-9-24-13-16)11-20(19)21(8-10-28(22)27-26-14)25-18-4-2-3-17(23)12-18;3-2(4,5)1(6)7/h2-7,11-12,21,24-25H,8-10,13H2,1H3;(H,6,7). The van der Waals surface area contributed by atoms with E-state index in [0.717, 1.165) is 48.2 Å². The fraction of sp³-hybridized carbons (Fsp3) is 0.292. The van der Waals surface area contributed by atoms with Crippen molar-refractivity contribution in [2.45, 2.75) is 32.1 Å². The maximum absolute atomic E-state index is 10.6. The van der Waals surface area contributed by atoms with Crippen LogP contribution in [0.5, 0.6) is 0 Å². The van der Waals surface area contributed by atoms with E-state index < -0.39 is 12.1 Å². The number of carboxylic acid groups (broad SMARTS) is 1. The Hall–Kier alpha value is -3.37. The molecule has 0 fully saturated rings. The van der Waals surface area contributed by atoms with E-state index >= 15 is 0 Å². The van der Waals surface area contributed by atoms with Gasteiger partial charge < -0.3 is 15.7 Å². The molecule has 35 heavy (non-hydrogen) atoms. The third kappa shape index (κ3) is 5.66. The van der Waals surface area contributed by atoms with Gasteiger partial charge in [-0.25, -0.2) is 9.48 Å². The molecule has 3 heterocycles. The largest absolute Gasteiger partial charge is 0.490 e. The molecule has 1 atom stereocenters. The summed E-state index contributed by atoms with van der Waals surface area (Å²) in [7, 11) is 0. The smallest absolute Gasteiger partial charge is 0.475 e. The zero-order valence-electron chi connectivity index (χ0n) is 18.7. The maximum atomic E-state index is 10.6. The number of aromatic nitrogens is 3. The third-order valence-electron chi connectivity index (χ3n) is 5.80. The molecule has 184 valence electrons. The van der Waals surface area contributed by atoms with Crippen LogP contribution in [0.2, 0.25) is 5.02 Å². The van der Waals surface area contributed by atoms with Crippen molar-refractivity contribution in [2.75, 3.05) is 18.4 Å². The predicted octanol–water partition coefficient (Wildman–Crippen LogP) is 5.08. The first-order valence-electron chi connectivity index (χ1n) is 10.9. The summed E-state index contributed by atoms with van der Waals surface area (Å²) in [6.45, 7) is 4.71. The van der Waals surface area contributed by atoms with Crippen LogP contribution < -0.4 is 10.6 Å². The number of hydrogen-bond donors (Lipinski definition) is 3.